The van der Waals surface area contributed by atoms with Crippen molar-refractivity contribution in [2.24, 2.45) is 0 Å². The molecule has 2 aromatic heterocycles. The van der Waals surface area contributed by atoms with Crippen LogP contribution in [0.3, 0.4) is 0 Å². The van der Waals surface area contributed by atoms with Gasteiger partial charge < -0.3 is 34.0 Å². The average Bonchev–Trinajstić information content (AvgIpc) is 3.12. The second-order valence-electron chi connectivity index (χ2n) is 6.49. The molecule has 13 nitrogen and oxygen atoms in total. The van der Waals surface area contributed by atoms with Crippen molar-refractivity contribution in [2.75, 3.05) is 6.61 Å². The molecule has 31 heavy (non-hydrogen) atoms. The molecule has 3 rings (SSSR count). The van der Waals surface area contributed by atoms with Crippen LogP contribution in [0.4, 0.5) is 0 Å². The highest BCUT2D eigenvalue weighted by molar-refractivity contribution is 7.71. The van der Waals surface area contributed by atoms with Crippen LogP contribution in [0.2, 0.25) is 0 Å². The Morgan fingerprint density at radius 1 is 1.23 bits per heavy atom. The average molecular weight is 537 g/mol. The molecule has 1 aliphatic rings. The van der Waals surface area contributed by atoms with Crippen molar-refractivity contribution in [3.8, 4) is 0 Å². The van der Waals surface area contributed by atoms with E-state index < -0.39 is 48.5 Å². The van der Waals surface area contributed by atoms with Crippen molar-refractivity contribution in [3.05, 3.63) is 27.8 Å². The number of phosphoric ester groups is 1. The van der Waals surface area contributed by atoms with Gasteiger partial charge in [0.2, 0.25) is 0 Å². The third-order valence-corrected chi connectivity index (χ3v) is 9.48. The van der Waals surface area contributed by atoms with Gasteiger partial charge in [-0.05, 0) is 24.4 Å². The highest BCUT2D eigenvalue weighted by Gasteiger charge is 2.42. The molecule has 1 saturated heterocycles. The van der Waals surface area contributed by atoms with E-state index in [1.165, 1.54) is 11.3 Å². The monoisotopic (exact) mass is 537 g/mol. The van der Waals surface area contributed by atoms with Crippen LogP contribution in [0.1, 0.15) is 17.5 Å². The topological polar surface area (TPSA) is 194 Å². The van der Waals surface area contributed by atoms with Crippen LogP contribution in [-0.2, 0) is 31.6 Å². The van der Waals surface area contributed by atoms with Crippen LogP contribution >= 0.6 is 47.0 Å². The van der Waals surface area contributed by atoms with E-state index in [0.717, 1.165) is 15.0 Å². The normalized spacial score (nSPS) is 26.1. The van der Waals surface area contributed by atoms with Crippen molar-refractivity contribution >= 4 is 57.1 Å². The zero-order valence-corrected chi connectivity index (χ0v) is 19.9. The largest absolute Gasteiger partial charge is 0.490 e. The Morgan fingerprint density at radius 3 is 2.55 bits per heavy atom. The molecule has 0 spiro atoms. The third-order valence-electron chi connectivity index (χ3n) is 4.06. The second-order valence-corrected chi connectivity index (χ2v) is 12.6. The summed E-state index contributed by atoms with van der Waals surface area (Å²) in [5, 5.41) is 11.2. The van der Waals surface area contributed by atoms with E-state index in [2.05, 4.69) is 13.1 Å². The molecule has 1 aliphatic heterocycles. The first-order valence-corrected chi connectivity index (χ1v) is 14.1. The number of hydrogen-bond acceptors (Lipinski definition) is 10. The molecule has 3 heterocycles. The minimum Gasteiger partial charge on any atom is -0.390 e. The van der Waals surface area contributed by atoms with Gasteiger partial charge >= 0.3 is 23.5 Å². The zero-order chi connectivity index (χ0) is 23.2. The van der Waals surface area contributed by atoms with E-state index in [1.807, 2.05) is 19.1 Å². The summed E-state index contributed by atoms with van der Waals surface area (Å²) in [6, 6.07) is 3.82. The standard InChI is InChI=1S/C13H18NO12P3S2/c1-7-4-8-2-3-14(13(30)12(8)31-7)11-5-9(15)10(24-11)6-23-28(19,20)26-29(21,22)25-27(16,17)18/h2-4,9-11,15H,5-6H2,1H3,(H,19,20)(H,21,22)(H2,16,17,18)/t9-,10-,11-/m1/s1. The maximum absolute atomic E-state index is 11.8. The van der Waals surface area contributed by atoms with Crippen LogP contribution in [0.15, 0.2) is 18.3 Å². The molecule has 2 aromatic rings. The minimum atomic E-state index is -5.62. The van der Waals surface area contributed by atoms with Gasteiger partial charge in [0, 0.05) is 17.5 Å². The van der Waals surface area contributed by atoms with Gasteiger partial charge in [-0.3, -0.25) is 4.52 Å². The number of pyridine rings is 1. The fourth-order valence-corrected chi connectivity index (χ4v) is 7.30. The number of phosphoric acid groups is 3. The number of rotatable bonds is 8. The van der Waals surface area contributed by atoms with Gasteiger partial charge in [0.05, 0.1) is 17.4 Å². The molecule has 5 atom stereocenters. The Labute approximate surface area is 184 Å². The molecule has 0 aliphatic carbocycles. The minimum absolute atomic E-state index is 0.0780. The summed E-state index contributed by atoms with van der Waals surface area (Å²) in [5.74, 6) is 0. The number of fused-ring (bicyclic) bond motifs is 1. The van der Waals surface area contributed by atoms with Crippen molar-refractivity contribution < 1.29 is 56.3 Å². The number of aryl methyl sites for hydroxylation is 1. The summed E-state index contributed by atoms with van der Waals surface area (Å²) >= 11 is 6.99. The van der Waals surface area contributed by atoms with E-state index in [0.29, 0.717) is 4.64 Å². The number of thiophene rings is 1. The number of aromatic nitrogens is 1. The fraction of sp³-hybridized carbons (Fsp3) is 0.462. The molecular formula is C13H18NO12P3S2. The summed E-state index contributed by atoms with van der Waals surface area (Å²) < 4.78 is 54.2. The molecule has 1 fully saturated rings. The Hall–Kier alpha value is -0.340. The molecule has 174 valence electrons. The molecule has 0 saturated carbocycles. The molecular weight excluding hydrogens is 519 g/mol. The molecule has 0 aromatic carbocycles. The highest BCUT2D eigenvalue weighted by atomic mass is 32.1. The lowest BCUT2D eigenvalue weighted by Gasteiger charge is -2.19. The molecule has 2 unspecified atom stereocenters. The van der Waals surface area contributed by atoms with Gasteiger partial charge in [-0.2, -0.15) is 8.62 Å². The number of nitrogens with zero attached hydrogens (tertiary/aromatic N) is 1. The summed E-state index contributed by atoms with van der Waals surface area (Å²) in [4.78, 5) is 36.8. The Kier molecular flexibility index (Phi) is 7.45. The van der Waals surface area contributed by atoms with E-state index in [9.17, 15) is 23.7 Å². The molecule has 0 radical (unpaired) electrons. The fourth-order valence-electron chi connectivity index (χ4n) is 2.90. The summed E-state index contributed by atoms with van der Waals surface area (Å²) in [6.45, 7) is 1.20. The SMILES string of the molecule is Cc1cc2ccn([C@H]3C[C@@H](O)[C@@H](COP(=O)(O)OP(=O)(O)OP(=O)(O)O)O3)c(=S)c2s1. The van der Waals surface area contributed by atoms with Crippen molar-refractivity contribution in [1.29, 1.82) is 0 Å². The quantitative estimate of drug-likeness (QED) is 0.244. The first-order chi connectivity index (χ1) is 14.2. The van der Waals surface area contributed by atoms with E-state index in [1.54, 1.807) is 10.8 Å². The number of hydrogen-bond donors (Lipinski definition) is 5. The number of aliphatic hydroxyl groups excluding tert-OH is 1. The first kappa shape index (κ1) is 25.3. The lowest BCUT2D eigenvalue weighted by Crippen LogP contribution is -2.26. The van der Waals surface area contributed by atoms with Gasteiger partial charge in [-0.15, -0.1) is 11.3 Å². The van der Waals surface area contributed by atoms with Gasteiger partial charge in [-0.25, -0.2) is 13.7 Å². The van der Waals surface area contributed by atoms with Crippen LogP contribution in [-0.4, -0.2) is 48.1 Å². The van der Waals surface area contributed by atoms with Crippen molar-refractivity contribution in [2.45, 2.75) is 31.8 Å². The first-order valence-electron chi connectivity index (χ1n) is 8.39. The van der Waals surface area contributed by atoms with Crippen LogP contribution in [0.5, 0.6) is 0 Å². The van der Waals surface area contributed by atoms with Gasteiger partial charge in [0.1, 0.15) is 17.0 Å². The molecule has 0 bridgehead atoms. The molecule has 0 amide bonds. The van der Waals surface area contributed by atoms with Gasteiger partial charge in [0.15, 0.2) is 0 Å². The zero-order valence-electron chi connectivity index (χ0n) is 15.6. The summed E-state index contributed by atoms with van der Waals surface area (Å²) in [6.07, 6.45) is -1.20. The van der Waals surface area contributed by atoms with Gasteiger partial charge in [-0.1, -0.05) is 12.2 Å². The summed E-state index contributed by atoms with van der Waals surface area (Å²) in [7, 11) is -16.4. The number of aliphatic hydroxyl groups is 1. The van der Waals surface area contributed by atoms with Gasteiger partial charge in [0.25, 0.3) is 0 Å². The van der Waals surface area contributed by atoms with Crippen LogP contribution in [0, 0.1) is 11.6 Å². The van der Waals surface area contributed by atoms with E-state index >= 15 is 0 Å². The van der Waals surface area contributed by atoms with Crippen molar-refractivity contribution in [3.63, 3.8) is 0 Å². The Balaban J connectivity index is 1.66. The third kappa shape index (κ3) is 6.59. The van der Waals surface area contributed by atoms with E-state index in [-0.39, 0.29) is 6.42 Å². The second kappa shape index (κ2) is 9.13. The molecule has 18 heteroatoms. The predicted octanol–water partition coefficient (Wildman–Crippen LogP) is 2.73. The van der Waals surface area contributed by atoms with Crippen LogP contribution < -0.4 is 0 Å². The predicted molar refractivity (Wildman–Crippen MR) is 110 cm³/mol. The summed E-state index contributed by atoms with van der Waals surface area (Å²) in [5.41, 5.74) is 0. The lowest BCUT2D eigenvalue weighted by atomic mass is 10.2. The highest BCUT2D eigenvalue weighted by Crippen LogP contribution is 2.66. The van der Waals surface area contributed by atoms with Crippen molar-refractivity contribution in [1.82, 2.24) is 4.57 Å². The van der Waals surface area contributed by atoms with Crippen LogP contribution in [0.25, 0.3) is 10.1 Å². The maximum atomic E-state index is 11.8. The molecule has 5 N–H and O–H groups in total. The smallest absolute Gasteiger partial charge is 0.390 e. The Morgan fingerprint density at radius 2 is 1.90 bits per heavy atom. The number of ether oxygens (including phenoxy) is 1. The maximum Gasteiger partial charge on any atom is 0.490 e. The van der Waals surface area contributed by atoms with E-state index in [4.69, 9.17) is 31.6 Å². The Bertz CT molecular complexity index is 1170. The lowest BCUT2D eigenvalue weighted by molar-refractivity contribution is -0.0438.